The molecule has 1 fully saturated rings. The Bertz CT molecular complexity index is 699. The molecule has 4 heteroatoms. The lowest BCUT2D eigenvalue weighted by atomic mass is 10.1. The van der Waals surface area contributed by atoms with Crippen LogP contribution in [0.15, 0.2) is 48.7 Å². The second-order valence-corrected chi connectivity index (χ2v) is 6.89. The zero-order valence-corrected chi connectivity index (χ0v) is 15.9. The van der Waals surface area contributed by atoms with E-state index in [2.05, 4.69) is 35.9 Å². The number of likely N-dealkylation sites (tertiary alicyclic amines) is 1. The summed E-state index contributed by atoms with van der Waals surface area (Å²) in [6, 6.07) is 14.1. The molecule has 1 saturated heterocycles. The van der Waals surface area contributed by atoms with E-state index >= 15 is 0 Å². The highest BCUT2D eigenvalue weighted by molar-refractivity contribution is 5.95. The van der Waals surface area contributed by atoms with E-state index in [4.69, 9.17) is 0 Å². The van der Waals surface area contributed by atoms with Crippen LogP contribution in [0.3, 0.4) is 0 Å². The van der Waals surface area contributed by atoms with E-state index in [-0.39, 0.29) is 11.9 Å². The van der Waals surface area contributed by atoms with Crippen molar-refractivity contribution in [1.82, 2.24) is 9.88 Å². The molecule has 1 atom stereocenters. The van der Waals surface area contributed by atoms with Crippen LogP contribution in [0.5, 0.6) is 0 Å². The lowest BCUT2D eigenvalue weighted by molar-refractivity contribution is 0.0733. The molecule has 1 unspecified atom stereocenters. The molecule has 1 amide bonds. The molecule has 1 aromatic heterocycles. The smallest absolute Gasteiger partial charge is 0.254 e. The molecular formula is C22H29N3O. The molecule has 1 aromatic carbocycles. The Morgan fingerprint density at radius 1 is 1.19 bits per heavy atom. The Morgan fingerprint density at radius 2 is 2.00 bits per heavy atom. The van der Waals surface area contributed by atoms with E-state index in [1.54, 1.807) is 6.20 Å². The number of anilines is 1. The van der Waals surface area contributed by atoms with Crippen molar-refractivity contribution in [2.24, 2.45) is 0 Å². The maximum Gasteiger partial charge on any atom is 0.254 e. The highest BCUT2D eigenvalue weighted by Gasteiger charge is 2.31. The van der Waals surface area contributed by atoms with Gasteiger partial charge in [-0.15, -0.1) is 0 Å². The fourth-order valence-corrected chi connectivity index (χ4v) is 3.69. The quantitative estimate of drug-likeness (QED) is 0.726. The molecule has 0 spiro atoms. The van der Waals surface area contributed by atoms with Gasteiger partial charge in [-0.25, -0.2) is 0 Å². The number of benzene rings is 1. The van der Waals surface area contributed by atoms with Gasteiger partial charge in [-0.2, -0.15) is 0 Å². The van der Waals surface area contributed by atoms with Crippen LogP contribution < -0.4 is 4.90 Å². The summed E-state index contributed by atoms with van der Waals surface area (Å²) < 4.78 is 0. The summed E-state index contributed by atoms with van der Waals surface area (Å²) in [6.45, 7) is 7.24. The standard InChI is InChI=1S/C22H29N3O/c1-3-5-16-24(4-2)19-13-11-18(12-14-19)22(26)25-17-8-10-21(25)20-9-6-7-15-23-20/h6-7,9,11-15,21H,3-5,8,10,16-17H2,1-2H3. The summed E-state index contributed by atoms with van der Waals surface area (Å²) in [7, 11) is 0. The topological polar surface area (TPSA) is 36.4 Å². The fraction of sp³-hybridized carbons (Fsp3) is 0.455. The molecule has 138 valence electrons. The molecule has 3 rings (SSSR count). The Balaban J connectivity index is 1.73. The first-order chi connectivity index (χ1) is 12.7. The second kappa shape index (κ2) is 8.84. The largest absolute Gasteiger partial charge is 0.372 e. The maximum atomic E-state index is 13.0. The van der Waals surface area contributed by atoms with Crippen LogP contribution >= 0.6 is 0 Å². The molecule has 0 N–H and O–H groups in total. The molecule has 26 heavy (non-hydrogen) atoms. The number of hydrogen-bond acceptors (Lipinski definition) is 3. The third-order valence-electron chi connectivity index (χ3n) is 5.19. The number of pyridine rings is 1. The second-order valence-electron chi connectivity index (χ2n) is 6.89. The number of amides is 1. The van der Waals surface area contributed by atoms with E-state index in [9.17, 15) is 4.79 Å². The highest BCUT2D eigenvalue weighted by atomic mass is 16.2. The minimum absolute atomic E-state index is 0.0973. The number of unbranched alkanes of at least 4 members (excludes halogenated alkanes) is 1. The number of rotatable bonds is 7. The molecule has 2 aromatic rings. The van der Waals surface area contributed by atoms with Crippen LogP contribution in [-0.4, -0.2) is 35.4 Å². The van der Waals surface area contributed by atoms with Gasteiger partial charge in [0.05, 0.1) is 11.7 Å². The molecule has 0 aliphatic carbocycles. The Kier molecular flexibility index (Phi) is 6.26. The number of hydrogen-bond donors (Lipinski definition) is 0. The van der Waals surface area contributed by atoms with E-state index in [0.717, 1.165) is 43.7 Å². The van der Waals surface area contributed by atoms with Crippen LogP contribution in [0.25, 0.3) is 0 Å². The minimum atomic E-state index is 0.0973. The highest BCUT2D eigenvalue weighted by Crippen LogP contribution is 2.32. The molecule has 2 heterocycles. The van der Waals surface area contributed by atoms with Gasteiger partial charge in [0.1, 0.15) is 0 Å². The normalized spacial score (nSPS) is 16.7. The first kappa shape index (κ1) is 18.4. The molecular weight excluding hydrogens is 322 g/mol. The lowest BCUT2D eigenvalue weighted by Gasteiger charge is -2.25. The van der Waals surface area contributed by atoms with Gasteiger partial charge in [0.2, 0.25) is 0 Å². The SMILES string of the molecule is CCCCN(CC)c1ccc(C(=O)N2CCCC2c2ccccn2)cc1. The molecule has 1 aliphatic heterocycles. The predicted octanol–water partition coefficient (Wildman–Crippen LogP) is 4.69. The number of carbonyl (C=O) groups is 1. The van der Waals surface area contributed by atoms with E-state index in [1.165, 1.54) is 18.5 Å². The Hall–Kier alpha value is -2.36. The average molecular weight is 351 g/mol. The Labute approximate surface area is 156 Å². The van der Waals surface area contributed by atoms with Gasteiger partial charge in [0.15, 0.2) is 0 Å². The van der Waals surface area contributed by atoms with Crippen molar-refractivity contribution >= 4 is 11.6 Å². The average Bonchev–Trinajstić information content (AvgIpc) is 3.19. The lowest BCUT2D eigenvalue weighted by Crippen LogP contribution is -2.31. The van der Waals surface area contributed by atoms with Crippen molar-refractivity contribution in [3.05, 3.63) is 59.9 Å². The summed E-state index contributed by atoms with van der Waals surface area (Å²) in [5.41, 5.74) is 2.95. The summed E-state index contributed by atoms with van der Waals surface area (Å²) in [6.07, 6.45) is 6.21. The van der Waals surface area contributed by atoms with Crippen molar-refractivity contribution in [3.63, 3.8) is 0 Å². The minimum Gasteiger partial charge on any atom is -0.372 e. The van der Waals surface area contributed by atoms with E-state index < -0.39 is 0 Å². The van der Waals surface area contributed by atoms with Crippen molar-refractivity contribution < 1.29 is 4.79 Å². The van der Waals surface area contributed by atoms with Crippen molar-refractivity contribution in [2.45, 2.75) is 45.6 Å². The van der Waals surface area contributed by atoms with Crippen molar-refractivity contribution in [3.8, 4) is 0 Å². The van der Waals surface area contributed by atoms with Crippen LogP contribution in [-0.2, 0) is 0 Å². The van der Waals surface area contributed by atoms with Crippen LogP contribution in [0.4, 0.5) is 5.69 Å². The van der Waals surface area contributed by atoms with Gasteiger partial charge >= 0.3 is 0 Å². The van der Waals surface area contributed by atoms with Gasteiger partial charge in [0.25, 0.3) is 5.91 Å². The Morgan fingerprint density at radius 3 is 2.65 bits per heavy atom. The van der Waals surface area contributed by atoms with Gasteiger partial charge in [-0.1, -0.05) is 19.4 Å². The summed E-state index contributed by atoms with van der Waals surface area (Å²) in [4.78, 5) is 21.8. The van der Waals surface area contributed by atoms with Crippen molar-refractivity contribution in [1.29, 1.82) is 0 Å². The number of aromatic nitrogens is 1. The predicted molar refractivity (Wildman–Crippen MR) is 106 cm³/mol. The fourth-order valence-electron chi connectivity index (χ4n) is 3.69. The van der Waals surface area contributed by atoms with E-state index in [0.29, 0.717) is 0 Å². The first-order valence-electron chi connectivity index (χ1n) is 9.81. The van der Waals surface area contributed by atoms with E-state index in [1.807, 2.05) is 35.2 Å². The summed E-state index contributed by atoms with van der Waals surface area (Å²) >= 11 is 0. The van der Waals surface area contributed by atoms with Gasteiger partial charge < -0.3 is 9.80 Å². The molecule has 0 bridgehead atoms. The molecule has 1 aliphatic rings. The number of carbonyl (C=O) groups excluding carboxylic acids is 1. The van der Waals surface area contributed by atoms with Gasteiger partial charge in [0, 0.05) is 37.1 Å². The molecule has 4 nitrogen and oxygen atoms in total. The van der Waals surface area contributed by atoms with Crippen molar-refractivity contribution in [2.75, 3.05) is 24.5 Å². The molecule has 0 saturated carbocycles. The van der Waals surface area contributed by atoms with Gasteiger partial charge in [-0.3, -0.25) is 9.78 Å². The third kappa shape index (κ3) is 4.06. The summed E-state index contributed by atoms with van der Waals surface area (Å²) in [5.74, 6) is 0.112. The maximum absolute atomic E-state index is 13.0. The van der Waals surface area contributed by atoms with Gasteiger partial charge in [-0.05, 0) is 62.6 Å². The van der Waals surface area contributed by atoms with Crippen LogP contribution in [0.1, 0.15) is 61.6 Å². The number of nitrogens with zero attached hydrogens (tertiary/aromatic N) is 3. The molecule has 0 radical (unpaired) electrons. The third-order valence-corrected chi connectivity index (χ3v) is 5.19. The summed E-state index contributed by atoms with van der Waals surface area (Å²) in [5, 5.41) is 0. The first-order valence-corrected chi connectivity index (χ1v) is 9.81. The monoisotopic (exact) mass is 351 g/mol. The van der Waals surface area contributed by atoms with Crippen LogP contribution in [0, 0.1) is 0 Å². The zero-order valence-electron chi connectivity index (χ0n) is 15.9. The zero-order chi connectivity index (χ0) is 18.4. The van der Waals surface area contributed by atoms with Crippen LogP contribution in [0.2, 0.25) is 0 Å².